The van der Waals surface area contributed by atoms with E-state index in [1.807, 2.05) is 41.9 Å². The summed E-state index contributed by atoms with van der Waals surface area (Å²) in [5, 5.41) is 7.91. The zero-order valence-corrected chi connectivity index (χ0v) is 14.1. The first kappa shape index (κ1) is 16.0. The van der Waals surface area contributed by atoms with E-state index in [-0.39, 0.29) is 0 Å². The molecule has 23 heavy (non-hydrogen) atoms. The Balaban J connectivity index is 2.19. The summed E-state index contributed by atoms with van der Waals surface area (Å²) in [4.78, 5) is 0. The number of ether oxygens (including phenoxy) is 1. The summed E-state index contributed by atoms with van der Waals surface area (Å²) in [5.74, 6) is 0.433. The van der Waals surface area contributed by atoms with Crippen LogP contribution < -0.4 is 10.6 Å². The molecule has 0 spiro atoms. The van der Waals surface area contributed by atoms with E-state index in [0.717, 1.165) is 53.0 Å². The van der Waals surface area contributed by atoms with Gasteiger partial charge in [-0.25, -0.2) is 4.68 Å². The van der Waals surface area contributed by atoms with Crippen molar-refractivity contribution in [3.8, 4) is 5.69 Å². The smallest absolute Gasteiger partial charge is 0.0740 e. The zero-order valence-electron chi connectivity index (χ0n) is 13.3. The molecular weight excluding hydrogens is 308 g/mol. The molecule has 0 unspecified atom stereocenters. The van der Waals surface area contributed by atoms with Crippen molar-refractivity contribution in [3.63, 3.8) is 0 Å². The molecule has 1 aliphatic rings. The van der Waals surface area contributed by atoms with Gasteiger partial charge in [-0.2, -0.15) is 5.10 Å². The maximum atomic E-state index is 6.01. The van der Waals surface area contributed by atoms with Crippen molar-refractivity contribution in [1.82, 2.24) is 9.78 Å². The highest BCUT2D eigenvalue weighted by Crippen LogP contribution is 2.23. The third-order valence-corrected chi connectivity index (χ3v) is 4.48. The van der Waals surface area contributed by atoms with Crippen LogP contribution >= 0.6 is 11.6 Å². The summed E-state index contributed by atoms with van der Waals surface area (Å²) < 4.78 is 7.49. The maximum Gasteiger partial charge on any atom is 0.0740 e. The Morgan fingerprint density at radius 1 is 1.26 bits per heavy atom. The topological polar surface area (TPSA) is 27.1 Å². The number of aromatic nitrogens is 2. The first-order valence-electron chi connectivity index (χ1n) is 7.96. The van der Waals surface area contributed by atoms with E-state index in [9.17, 15) is 0 Å². The van der Waals surface area contributed by atoms with Gasteiger partial charge in [0.2, 0.25) is 0 Å². The SMILES string of the molecule is C=C/C=c1/c(C2CCOCC2)nn(-c2ccc(Cl)cc2)/c1=C/C. The van der Waals surface area contributed by atoms with Gasteiger partial charge in [0.25, 0.3) is 0 Å². The summed E-state index contributed by atoms with van der Waals surface area (Å²) >= 11 is 6.01. The molecule has 1 aromatic carbocycles. The highest BCUT2D eigenvalue weighted by molar-refractivity contribution is 6.30. The maximum absolute atomic E-state index is 6.01. The third kappa shape index (κ3) is 3.26. The molecule has 0 atom stereocenters. The Morgan fingerprint density at radius 2 is 1.96 bits per heavy atom. The van der Waals surface area contributed by atoms with Crippen LogP contribution in [0.5, 0.6) is 0 Å². The van der Waals surface area contributed by atoms with Gasteiger partial charge in [-0.05, 0) is 44.0 Å². The van der Waals surface area contributed by atoms with Gasteiger partial charge < -0.3 is 4.74 Å². The van der Waals surface area contributed by atoms with E-state index >= 15 is 0 Å². The lowest BCUT2D eigenvalue weighted by Crippen LogP contribution is -2.30. The largest absolute Gasteiger partial charge is 0.381 e. The predicted octanol–water partition coefficient (Wildman–Crippen LogP) is 3.19. The lowest BCUT2D eigenvalue weighted by molar-refractivity contribution is 0.0842. The summed E-state index contributed by atoms with van der Waals surface area (Å²) in [6, 6.07) is 7.77. The van der Waals surface area contributed by atoms with Crippen LogP contribution in [0.3, 0.4) is 0 Å². The quantitative estimate of drug-likeness (QED) is 0.865. The predicted molar refractivity (Wildman–Crippen MR) is 95.4 cm³/mol. The van der Waals surface area contributed by atoms with Gasteiger partial charge in [-0.3, -0.25) is 0 Å². The Labute approximate surface area is 141 Å². The van der Waals surface area contributed by atoms with Gasteiger partial charge in [0.05, 0.1) is 16.7 Å². The lowest BCUT2D eigenvalue weighted by atomic mass is 9.95. The van der Waals surface area contributed by atoms with Crippen LogP contribution in [0.4, 0.5) is 0 Å². The van der Waals surface area contributed by atoms with Gasteiger partial charge in [0.15, 0.2) is 0 Å². The second-order valence-electron chi connectivity index (χ2n) is 5.65. The summed E-state index contributed by atoms with van der Waals surface area (Å²) in [6.45, 7) is 7.51. The van der Waals surface area contributed by atoms with E-state index in [2.05, 4.69) is 18.7 Å². The van der Waals surface area contributed by atoms with Crippen molar-refractivity contribution >= 4 is 23.8 Å². The molecule has 1 saturated heterocycles. The normalized spacial score (nSPS) is 17.7. The molecular formula is C19H21ClN2O. The van der Waals surface area contributed by atoms with Gasteiger partial charge in [0, 0.05) is 29.4 Å². The standard InChI is InChI=1S/C19H21ClN2O/c1-3-5-17-18(4-2)22(16-8-6-15(20)7-9-16)21-19(17)14-10-12-23-13-11-14/h3-9,14H,1,10-13H2,2H3/b17-5+,18-4+. The van der Waals surface area contributed by atoms with E-state index in [1.165, 1.54) is 0 Å². The first-order chi connectivity index (χ1) is 11.2. The van der Waals surface area contributed by atoms with Gasteiger partial charge in [-0.15, -0.1) is 0 Å². The molecule has 3 nitrogen and oxygen atoms in total. The van der Waals surface area contributed by atoms with E-state index in [1.54, 1.807) is 0 Å². The number of benzene rings is 1. The third-order valence-electron chi connectivity index (χ3n) is 4.22. The summed E-state index contributed by atoms with van der Waals surface area (Å²) in [5.41, 5.74) is 2.15. The molecule has 0 radical (unpaired) electrons. The second kappa shape index (κ2) is 7.16. The molecule has 0 N–H and O–H groups in total. The van der Waals surface area contributed by atoms with Gasteiger partial charge in [0.1, 0.15) is 0 Å². The molecule has 1 aromatic heterocycles. The number of rotatable bonds is 3. The fraction of sp³-hybridized carbons (Fsp3) is 0.316. The minimum Gasteiger partial charge on any atom is -0.381 e. The number of nitrogens with zero attached hydrogens (tertiary/aromatic N) is 2. The molecule has 1 aliphatic heterocycles. The number of hydrogen-bond acceptors (Lipinski definition) is 2. The lowest BCUT2D eigenvalue weighted by Gasteiger charge is -2.20. The van der Waals surface area contributed by atoms with Crippen LogP contribution in [0.15, 0.2) is 36.9 Å². The van der Waals surface area contributed by atoms with Crippen molar-refractivity contribution in [1.29, 1.82) is 0 Å². The minimum absolute atomic E-state index is 0.433. The second-order valence-corrected chi connectivity index (χ2v) is 6.09. The minimum atomic E-state index is 0.433. The van der Waals surface area contributed by atoms with Crippen LogP contribution in [0.1, 0.15) is 31.4 Å². The Kier molecular flexibility index (Phi) is 4.99. The van der Waals surface area contributed by atoms with E-state index < -0.39 is 0 Å². The van der Waals surface area contributed by atoms with Crippen molar-refractivity contribution in [3.05, 3.63) is 58.2 Å². The number of halogens is 1. The molecule has 3 rings (SSSR count). The van der Waals surface area contributed by atoms with Crippen LogP contribution in [-0.4, -0.2) is 23.0 Å². The molecule has 1 fully saturated rings. The van der Waals surface area contributed by atoms with Crippen molar-refractivity contribution in [2.75, 3.05) is 13.2 Å². The molecule has 2 aromatic rings. The van der Waals surface area contributed by atoms with Gasteiger partial charge >= 0.3 is 0 Å². The van der Waals surface area contributed by atoms with Gasteiger partial charge in [-0.1, -0.05) is 36.4 Å². The molecule has 0 saturated carbocycles. The molecule has 0 aliphatic carbocycles. The van der Waals surface area contributed by atoms with E-state index in [4.69, 9.17) is 21.4 Å². The van der Waals surface area contributed by atoms with Crippen LogP contribution in [0.25, 0.3) is 17.8 Å². The fourth-order valence-electron chi connectivity index (χ4n) is 3.08. The highest BCUT2D eigenvalue weighted by atomic mass is 35.5. The Bertz CT molecular complexity index is 799. The van der Waals surface area contributed by atoms with Crippen molar-refractivity contribution < 1.29 is 4.74 Å². The molecule has 0 bridgehead atoms. The first-order valence-corrected chi connectivity index (χ1v) is 8.34. The number of hydrogen-bond donors (Lipinski definition) is 0. The average Bonchev–Trinajstić information content (AvgIpc) is 2.95. The Hall–Kier alpha value is -1.84. The Morgan fingerprint density at radius 3 is 2.57 bits per heavy atom. The molecule has 2 heterocycles. The monoisotopic (exact) mass is 328 g/mol. The van der Waals surface area contributed by atoms with E-state index in [0.29, 0.717) is 5.92 Å². The highest BCUT2D eigenvalue weighted by Gasteiger charge is 2.21. The molecule has 0 amide bonds. The zero-order chi connectivity index (χ0) is 16.2. The number of allylic oxidation sites excluding steroid dienone is 1. The van der Waals surface area contributed by atoms with Crippen molar-refractivity contribution in [2.24, 2.45) is 0 Å². The summed E-state index contributed by atoms with van der Waals surface area (Å²) in [6.07, 6.45) is 8.01. The van der Waals surface area contributed by atoms with Crippen molar-refractivity contribution in [2.45, 2.75) is 25.7 Å². The summed E-state index contributed by atoms with van der Waals surface area (Å²) in [7, 11) is 0. The molecule has 120 valence electrons. The van der Waals surface area contributed by atoms with Crippen LogP contribution in [0, 0.1) is 0 Å². The fourth-order valence-corrected chi connectivity index (χ4v) is 3.20. The van der Waals surface area contributed by atoms with Crippen LogP contribution in [0.2, 0.25) is 5.02 Å². The average molecular weight is 329 g/mol. The molecule has 4 heteroatoms. The van der Waals surface area contributed by atoms with Crippen LogP contribution in [-0.2, 0) is 4.74 Å².